The lowest BCUT2D eigenvalue weighted by Gasteiger charge is -2.31. The molecular weight excluding hydrogens is 268 g/mol. The molecule has 1 aliphatic rings. The van der Waals surface area contributed by atoms with Crippen molar-refractivity contribution in [2.45, 2.75) is 38.7 Å². The van der Waals surface area contributed by atoms with Crippen LogP contribution in [0.15, 0.2) is 18.6 Å². The minimum Gasteiger partial charge on any atom is -0.393 e. The molecule has 1 aliphatic heterocycles. The van der Waals surface area contributed by atoms with Gasteiger partial charge in [0.1, 0.15) is 5.82 Å². The molecule has 0 aliphatic carbocycles. The van der Waals surface area contributed by atoms with Crippen LogP contribution < -0.4 is 10.2 Å². The average Bonchev–Trinajstić information content (AvgIpc) is 2.55. The molecule has 2 heterocycles. The second-order valence-electron chi connectivity index (χ2n) is 5.47. The molecule has 2 N–H and O–H groups in total. The van der Waals surface area contributed by atoms with Crippen LogP contribution in [0.25, 0.3) is 0 Å². The van der Waals surface area contributed by atoms with Crippen LogP contribution in [0.2, 0.25) is 0 Å². The first-order valence-corrected chi connectivity index (χ1v) is 7.67. The number of anilines is 1. The maximum Gasteiger partial charge on any atom is 0.223 e. The van der Waals surface area contributed by atoms with Crippen molar-refractivity contribution in [2.24, 2.45) is 5.92 Å². The van der Waals surface area contributed by atoms with Crippen molar-refractivity contribution in [3.63, 3.8) is 0 Å². The van der Waals surface area contributed by atoms with Gasteiger partial charge in [-0.2, -0.15) is 0 Å². The minimum absolute atomic E-state index is 0.0664. The summed E-state index contributed by atoms with van der Waals surface area (Å²) in [5.41, 5.74) is 0. The lowest BCUT2D eigenvalue weighted by molar-refractivity contribution is -0.125. The maximum absolute atomic E-state index is 12.1. The Morgan fingerprint density at radius 3 is 2.86 bits per heavy atom. The molecule has 0 spiro atoms. The summed E-state index contributed by atoms with van der Waals surface area (Å²) in [6, 6.07) is 0. The van der Waals surface area contributed by atoms with Gasteiger partial charge in [-0.05, 0) is 25.7 Å². The molecule has 1 fully saturated rings. The first-order chi connectivity index (χ1) is 10.2. The number of nitrogens with zero attached hydrogens (tertiary/aromatic N) is 3. The fourth-order valence-corrected chi connectivity index (χ4v) is 2.54. The van der Waals surface area contributed by atoms with E-state index in [0.29, 0.717) is 13.0 Å². The highest BCUT2D eigenvalue weighted by atomic mass is 16.3. The van der Waals surface area contributed by atoms with Crippen molar-refractivity contribution in [3.8, 4) is 0 Å². The Morgan fingerprint density at radius 2 is 2.24 bits per heavy atom. The molecule has 1 saturated heterocycles. The standard InChI is InChI=1S/C15H24N4O2/c1-2-13(20)3-6-18-15(21)12-4-9-19(10-5-12)14-11-16-7-8-17-14/h7-8,11-13,20H,2-6,9-10H2,1H3,(H,18,21). The third kappa shape index (κ3) is 4.67. The Hall–Kier alpha value is -1.69. The van der Waals surface area contributed by atoms with Crippen molar-refractivity contribution >= 4 is 11.7 Å². The van der Waals surface area contributed by atoms with Crippen LogP contribution in [0, 0.1) is 5.92 Å². The Kier molecular flexibility index (Phi) is 5.92. The van der Waals surface area contributed by atoms with E-state index in [0.717, 1.165) is 38.2 Å². The SMILES string of the molecule is CCC(O)CCNC(=O)C1CCN(c2cnccn2)CC1. The molecule has 1 aromatic heterocycles. The van der Waals surface area contributed by atoms with E-state index in [1.54, 1.807) is 18.6 Å². The van der Waals surface area contributed by atoms with Gasteiger partial charge in [-0.1, -0.05) is 6.92 Å². The average molecular weight is 292 g/mol. The van der Waals surface area contributed by atoms with Gasteiger partial charge in [0.05, 0.1) is 12.3 Å². The van der Waals surface area contributed by atoms with Crippen molar-refractivity contribution in [2.75, 3.05) is 24.5 Å². The summed E-state index contributed by atoms with van der Waals surface area (Å²) in [6.07, 6.45) is 7.81. The number of rotatable bonds is 6. The molecule has 21 heavy (non-hydrogen) atoms. The Morgan fingerprint density at radius 1 is 1.48 bits per heavy atom. The number of carbonyl (C=O) groups excluding carboxylic acids is 1. The van der Waals surface area contributed by atoms with Crippen LogP contribution in [0.3, 0.4) is 0 Å². The lowest BCUT2D eigenvalue weighted by atomic mass is 9.96. The molecule has 0 bridgehead atoms. The Labute approximate surface area is 125 Å². The third-order valence-corrected chi connectivity index (χ3v) is 3.99. The summed E-state index contributed by atoms with van der Waals surface area (Å²) in [5.74, 6) is 1.05. The molecule has 1 unspecified atom stereocenters. The van der Waals surface area contributed by atoms with Gasteiger partial charge in [0.2, 0.25) is 5.91 Å². The highest BCUT2D eigenvalue weighted by Gasteiger charge is 2.25. The number of hydrogen-bond acceptors (Lipinski definition) is 5. The summed E-state index contributed by atoms with van der Waals surface area (Å²) in [4.78, 5) is 22.6. The molecular formula is C15H24N4O2. The quantitative estimate of drug-likeness (QED) is 0.817. The first kappa shape index (κ1) is 15.7. The van der Waals surface area contributed by atoms with Gasteiger partial charge in [0.15, 0.2) is 0 Å². The van der Waals surface area contributed by atoms with Crippen molar-refractivity contribution in [1.29, 1.82) is 0 Å². The predicted molar refractivity (Wildman–Crippen MR) is 80.9 cm³/mol. The monoisotopic (exact) mass is 292 g/mol. The maximum atomic E-state index is 12.1. The van der Waals surface area contributed by atoms with Crippen molar-refractivity contribution in [3.05, 3.63) is 18.6 Å². The summed E-state index contributed by atoms with van der Waals surface area (Å²) < 4.78 is 0. The van der Waals surface area contributed by atoms with E-state index in [4.69, 9.17) is 0 Å². The number of amides is 1. The first-order valence-electron chi connectivity index (χ1n) is 7.67. The van der Waals surface area contributed by atoms with Gasteiger partial charge in [-0.3, -0.25) is 9.78 Å². The van der Waals surface area contributed by atoms with Gasteiger partial charge in [-0.25, -0.2) is 4.98 Å². The molecule has 116 valence electrons. The van der Waals surface area contributed by atoms with Gasteiger partial charge in [0.25, 0.3) is 0 Å². The van der Waals surface area contributed by atoms with Crippen LogP contribution in [-0.4, -0.2) is 46.7 Å². The molecule has 2 rings (SSSR count). The minimum atomic E-state index is -0.316. The van der Waals surface area contributed by atoms with E-state index < -0.39 is 0 Å². The van der Waals surface area contributed by atoms with E-state index in [-0.39, 0.29) is 17.9 Å². The Bertz CT molecular complexity index is 433. The highest BCUT2D eigenvalue weighted by Crippen LogP contribution is 2.21. The molecule has 0 radical (unpaired) electrons. The lowest BCUT2D eigenvalue weighted by Crippen LogP contribution is -2.41. The van der Waals surface area contributed by atoms with Crippen molar-refractivity contribution in [1.82, 2.24) is 15.3 Å². The van der Waals surface area contributed by atoms with E-state index in [1.165, 1.54) is 0 Å². The molecule has 1 aromatic rings. The summed E-state index contributed by atoms with van der Waals surface area (Å²) in [7, 11) is 0. The second-order valence-corrected chi connectivity index (χ2v) is 5.47. The van der Waals surface area contributed by atoms with Crippen LogP contribution in [0.5, 0.6) is 0 Å². The molecule has 1 atom stereocenters. The number of hydrogen-bond donors (Lipinski definition) is 2. The van der Waals surface area contributed by atoms with E-state index in [2.05, 4.69) is 20.2 Å². The van der Waals surface area contributed by atoms with Crippen LogP contribution in [0.1, 0.15) is 32.6 Å². The fraction of sp³-hybridized carbons (Fsp3) is 0.667. The normalized spacial score (nSPS) is 17.5. The molecule has 1 amide bonds. The zero-order valence-corrected chi connectivity index (χ0v) is 12.5. The zero-order valence-electron chi connectivity index (χ0n) is 12.5. The number of carbonyl (C=O) groups is 1. The summed E-state index contributed by atoms with van der Waals surface area (Å²) in [5, 5.41) is 12.4. The van der Waals surface area contributed by atoms with E-state index >= 15 is 0 Å². The highest BCUT2D eigenvalue weighted by molar-refractivity contribution is 5.78. The smallest absolute Gasteiger partial charge is 0.223 e. The number of nitrogens with one attached hydrogen (secondary N) is 1. The molecule has 6 heteroatoms. The van der Waals surface area contributed by atoms with Gasteiger partial charge < -0.3 is 15.3 Å². The van der Waals surface area contributed by atoms with Gasteiger partial charge in [-0.15, -0.1) is 0 Å². The van der Waals surface area contributed by atoms with Gasteiger partial charge in [0, 0.05) is 37.9 Å². The number of aromatic nitrogens is 2. The topological polar surface area (TPSA) is 78.4 Å². The molecule has 6 nitrogen and oxygen atoms in total. The zero-order chi connectivity index (χ0) is 15.1. The Balaban J connectivity index is 1.72. The summed E-state index contributed by atoms with van der Waals surface area (Å²) in [6.45, 7) is 4.15. The van der Waals surface area contributed by atoms with Crippen LogP contribution in [-0.2, 0) is 4.79 Å². The van der Waals surface area contributed by atoms with Crippen molar-refractivity contribution < 1.29 is 9.90 Å². The predicted octanol–water partition coefficient (Wildman–Crippen LogP) is 0.970. The summed E-state index contributed by atoms with van der Waals surface area (Å²) >= 11 is 0. The van der Waals surface area contributed by atoms with Gasteiger partial charge >= 0.3 is 0 Å². The van der Waals surface area contributed by atoms with Crippen LogP contribution in [0.4, 0.5) is 5.82 Å². The number of piperidine rings is 1. The van der Waals surface area contributed by atoms with Crippen LogP contribution >= 0.6 is 0 Å². The molecule has 0 saturated carbocycles. The second kappa shape index (κ2) is 7.93. The van der Waals surface area contributed by atoms with E-state index in [1.807, 2.05) is 6.92 Å². The number of aliphatic hydroxyl groups is 1. The fourth-order valence-electron chi connectivity index (χ4n) is 2.54. The third-order valence-electron chi connectivity index (χ3n) is 3.99. The van der Waals surface area contributed by atoms with E-state index in [9.17, 15) is 9.90 Å². The largest absolute Gasteiger partial charge is 0.393 e. The number of aliphatic hydroxyl groups excluding tert-OH is 1. The molecule has 0 aromatic carbocycles.